The van der Waals surface area contributed by atoms with Gasteiger partial charge in [-0.1, -0.05) is 0 Å². The van der Waals surface area contributed by atoms with E-state index in [0.717, 1.165) is 0 Å². The molecule has 0 saturated carbocycles. The summed E-state index contributed by atoms with van der Waals surface area (Å²) in [4.78, 5) is 17.2. The average molecular weight is 368 g/mol. The van der Waals surface area contributed by atoms with Crippen LogP contribution in [0.5, 0.6) is 17.2 Å². The number of methoxy groups -OCH3 is 2. The predicted molar refractivity (Wildman–Crippen MR) is 99.3 cm³/mol. The first-order valence-corrected chi connectivity index (χ1v) is 8.38. The number of fused-ring (bicyclic) bond motifs is 1. The molecule has 0 aliphatic rings. The fraction of sp³-hybridized carbons (Fsp3) is 0.238. The topological polar surface area (TPSA) is 57.7 Å². The predicted octanol–water partition coefficient (Wildman–Crippen LogP) is 4.21. The Balaban J connectivity index is 2.13. The number of pyridine rings is 1. The Morgan fingerprint density at radius 3 is 2.48 bits per heavy atom. The number of hydrogen-bond donors (Lipinski definition) is 0. The zero-order chi connectivity index (χ0) is 19.6. The van der Waals surface area contributed by atoms with Gasteiger partial charge in [-0.25, -0.2) is 4.39 Å². The molecule has 0 atom stereocenters. The summed E-state index contributed by atoms with van der Waals surface area (Å²) < 4.78 is 30.5. The lowest BCUT2D eigenvalue weighted by molar-refractivity contribution is 0.103. The normalized spacial score (nSPS) is 10.9. The van der Waals surface area contributed by atoms with Crippen molar-refractivity contribution in [2.45, 2.75) is 20.0 Å². The fourth-order valence-corrected chi connectivity index (χ4v) is 2.76. The first-order valence-electron chi connectivity index (χ1n) is 8.38. The van der Waals surface area contributed by atoms with Gasteiger partial charge >= 0.3 is 0 Å². The third-order valence-electron chi connectivity index (χ3n) is 3.96. The third kappa shape index (κ3) is 3.69. The minimum absolute atomic E-state index is 0.0968. The molecule has 3 rings (SSSR count). The van der Waals surface area contributed by atoms with Gasteiger partial charge in [-0.2, -0.15) is 0 Å². The molecule has 5 nitrogen and oxygen atoms in total. The molecule has 0 unspecified atom stereocenters. The van der Waals surface area contributed by atoms with Crippen molar-refractivity contribution in [1.82, 2.24) is 4.98 Å². The molecule has 2 aromatic carbocycles. The number of ether oxygens (including phenoxy) is 3. The molecule has 0 fully saturated rings. The van der Waals surface area contributed by atoms with Crippen LogP contribution < -0.4 is 14.2 Å². The minimum atomic E-state index is -0.639. The molecule has 139 valence electrons. The summed E-state index contributed by atoms with van der Waals surface area (Å²) in [6.07, 6.45) is 1.29. The molecule has 1 aromatic heterocycles. The standard InChI is InChI=1S/C21H19FNO4/c1-12(2)27-14-5-6-17(22)16(10-14)21(24)20-15-11-19(26-4)18(25-3)9-13(15)7-8-23-20/h5-6,8-12H,1-4H3. The van der Waals surface area contributed by atoms with Crippen molar-refractivity contribution in [3.8, 4) is 17.2 Å². The number of halogens is 1. The van der Waals surface area contributed by atoms with E-state index < -0.39 is 11.6 Å². The highest BCUT2D eigenvalue weighted by atomic mass is 19.1. The molecule has 0 amide bonds. The lowest BCUT2D eigenvalue weighted by Gasteiger charge is -2.13. The first kappa shape index (κ1) is 18.6. The SMILES string of the molecule is COc1cc2[c]cnc(C(=O)c3cc(OC(C)C)ccc3F)c2cc1OC. The molecule has 0 saturated heterocycles. The first-order chi connectivity index (χ1) is 12.9. The van der Waals surface area contributed by atoms with Gasteiger partial charge in [0.25, 0.3) is 0 Å². The summed E-state index contributed by atoms with van der Waals surface area (Å²) in [5.74, 6) is 0.176. The number of ketones is 1. The van der Waals surface area contributed by atoms with Gasteiger partial charge in [0.05, 0.1) is 25.9 Å². The Morgan fingerprint density at radius 2 is 1.81 bits per heavy atom. The van der Waals surface area contributed by atoms with Gasteiger partial charge < -0.3 is 14.2 Å². The number of carbonyl (C=O) groups is 1. The smallest absolute Gasteiger partial charge is 0.215 e. The Hall–Kier alpha value is -3.15. The van der Waals surface area contributed by atoms with Gasteiger partial charge in [0, 0.05) is 17.6 Å². The van der Waals surface area contributed by atoms with Gasteiger partial charge in [0.15, 0.2) is 11.5 Å². The molecular weight excluding hydrogens is 349 g/mol. The number of nitrogens with zero attached hydrogens (tertiary/aromatic N) is 1. The molecule has 3 aromatic rings. The zero-order valence-corrected chi connectivity index (χ0v) is 15.5. The number of rotatable bonds is 6. The summed E-state index contributed by atoms with van der Waals surface area (Å²) in [6, 6.07) is 10.4. The van der Waals surface area contributed by atoms with Gasteiger partial charge in [0.2, 0.25) is 5.78 Å². The van der Waals surface area contributed by atoms with Gasteiger partial charge in [-0.15, -0.1) is 0 Å². The van der Waals surface area contributed by atoms with E-state index in [2.05, 4.69) is 11.1 Å². The molecule has 1 heterocycles. The summed E-state index contributed by atoms with van der Waals surface area (Å²) in [7, 11) is 3.02. The molecular formula is C21H19FNO4. The second-order valence-corrected chi connectivity index (χ2v) is 6.14. The van der Waals surface area contributed by atoms with E-state index in [9.17, 15) is 9.18 Å². The monoisotopic (exact) mass is 368 g/mol. The van der Waals surface area contributed by atoms with E-state index >= 15 is 0 Å². The third-order valence-corrected chi connectivity index (χ3v) is 3.96. The molecule has 0 N–H and O–H groups in total. The van der Waals surface area contributed by atoms with Crippen molar-refractivity contribution in [3.05, 3.63) is 59.7 Å². The highest BCUT2D eigenvalue weighted by Gasteiger charge is 2.20. The summed E-state index contributed by atoms with van der Waals surface area (Å²) >= 11 is 0. The summed E-state index contributed by atoms with van der Waals surface area (Å²) in [5.41, 5.74) is -0.00626. The van der Waals surface area contributed by atoms with Crippen LogP contribution in [0.3, 0.4) is 0 Å². The van der Waals surface area contributed by atoms with Crippen molar-refractivity contribution in [3.63, 3.8) is 0 Å². The van der Waals surface area contributed by atoms with E-state index in [1.54, 1.807) is 12.1 Å². The molecule has 0 spiro atoms. The van der Waals surface area contributed by atoms with Crippen molar-refractivity contribution in [2.24, 2.45) is 0 Å². The molecule has 6 heteroatoms. The number of benzene rings is 2. The number of aromatic nitrogens is 1. The van der Waals surface area contributed by atoms with Crippen LogP contribution in [0.25, 0.3) is 10.8 Å². The fourth-order valence-electron chi connectivity index (χ4n) is 2.76. The van der Waals surface area contributed by atoms with Crippen LogP contribution in [0.1, 0.15) is 29.9 Å². The minimum Gasteiger partial charge on any atom is -0.493 e. The Labute approximate surface area is 156 Å². The average Bonchev–Trinajstić information content (AvgIpc) is 2.66. The van der Waals surface area contributed by atoms with E-state index in [1.807, 2.05) is 13.8 Å². The number of hydrogen-bond acceptors (Lipinski definition) is 5. The van der Waals surface area contributed by atoms with Crippen LogP contribution in [0, 0.1) is 11.9 Å². The Bertz CT molecular complexity index is 1000. The second-order valence-electron chi connectivity index (χ2n) is 6.14. The van der Waals surface area contributed by atoms with Gasteiger partial charge in [0.1, 0.15) is 17.3 Å². The largest absolute Gasteiger partial charge is 0.493 e. The maximum Gasteiger partial charge on any atom is 0.215 e. The maximum atomic E-state index is 14.4. The molecule has 0 aliphatic carbocycles. The molecule has 1 radical (unpaired) electrons. The van der Waals surface area contributed by atoms with E-state index in [1.165, 1.54) is 38.6 Å². The quantitative estimate of drug-likeness (QED) is 0.610. The van der Waals surface area contributed by atoms with E-state index in [0.29, 0.717) is 28.0 Å². The van der Waals surface area contributed by atoms with Gasteiger partial charge in [-0.05, 0) is 49.6 Å². The van der Waals surface area contributed by atoms with Crippen molar-refractivity contribution < 1.29 is 23.4 Å². The van der Waals surface area contributed by atoms with Crippen LogP contribution in [0.2, 0.25) is 0 Å². The lowest BCUT2D eigenvalue weighted by atomic mass is 10.0. The second kappa shape index (κ2) is 7.61. The molecule has 0 aliphatic heterocycles. The van der Waals surface area contributed by atoms with Crippen LogP contribution in [0.15, 0.2) is 36.5 Å². The molecule has 27 heavy (non-hydrogen) atoms. The lowest BCUT2D eigenvalue weighted by Crippen LogP contribution is -2.10. The van der Waals surface area contributed by atoms with Crippen LogP contribution in [0.4, 0.5) is 4.39 Å². The van der Waals surface area contributed by atoms with Crippen LogP contribution >= 0.6 is 0 Å². The number of carbonyl (C=O) groups excluding carboxylic acids is 1. The van der Waals surface area contributed by atoms with Crippen LogP contribution in [-0.4, -0.2) is 31.1 Å². The summed E-state index contributed by atoms with van der Waals surface area (Å²) in [5, 5.41) is 1.11. The van der Waals surface area contributed by atoms with Crippen molar-refractivity contribution >= 4 is 16.6 Å². The van der Waals surface area contributed by atoms with E-state index in [4.69, 9.17) is 14.2 Å². The van der Waals surface area contributed by atoms with E-state index in [-0.39, 0.29) is 17.4 Å². The Morgan fingerprint density at radius 1 is 1.11 bits per heavy atom. The highest BCUT2D eigenvalue weighted by molar-refractivity contribution is 6.15. The molecule has 0 bridgehead atoms. The highest BCUT2D eigenvalue weighted by Crippen LogP contribution is 2.33. The maximum absolute atomic E-state index is 14.4. The van der Waals surface area contributed by atoms with Gasteiger partial charge in [-0.3, -0.25) is 9.78 Å². The Kier molecular flexibility index (Phi) is 5.26. The van der Waals surface area contributed by atoms with Crippen molar-refractivity contribution in [1.29, 1.82) is 0 Å². The zero-order valence-electron chi connectivity index (χ0n) is 15.5. The van der Waals surface area contributed by atoms with Crippen LogP contribution in [-0.2, 0) is 0 Å². The van der Waals surface area contributed by atoms with Crippen molar-refractivity contribution in [2.75, 3.05) is 14.2 Å². The summed E-state index contributed by atoms with van der Waals surface area (Å²) in [6.45, 7) is 3.71.